The molecule has 1 N–H and O–H groups in total. The number of aromatic nitrogens is 2. The molecule has 0 aliphatic carbocycles. The molecular formula is C13H16ClN5. The summed E-state index contributed by atoms with van der Waals surface area (Å²) in [5.41, 5.74) is 3.35. The van der Waals surface area contributed by atoms with Crippen molar-refractivity contribution in [3.05, 3.63) is 29.4 Å². The van der Waals surface area contributed by atoms with E-state index in [1.807, 2.05) is 24.3 Å². The Morgan fingerprint density at radius 2 is 1.74 bits per heavy atom. The zero-order chi connectivity index (χ0) is 13.2. The second kappa shape index (κ2) is 5.28. The van der Waals surface area contributed by atoms with Crippen molar-refractivity contribution in [3.63, 3.8) is 0 Å². The van der Waals surface area contributed by atoms with E-state index in [0.29, 0.717) is 5.15 Å². The summed E-state index contributed by atoms with van der Waals surface area (Å²) in [6.45, 7) is 4.03. The Bertz CT molecular complexity index is 580. The summed E-state index contributed by atoms with van der Waals surface area (Å²) in [4.78, 5) is 2.31. The lowest BCUT2D eigenvalue weighted by molar-refractivity contribution is 0.178. The van der Waals surface area contributed by atoms with Gasteiger partial charge in [-0.15, -0.1) is 10.2 Å². The SMILES string of the molecule is CN1CCN(Nc2nnc(Cl)c3ccccc23)CC1. The lowest BCUT2D eigenvalue weighted by atomic mass is 10.2. The lowest BCUT2D eigenvalue weighted by Crippen LogP contribution is -2.47. The first-order valence-electron chi connectivity index (χ1n) is 6.35. The van der Waals surface area contributed by atoms with Gasteiger partial charge in [0.1, 0.15) is 0 Å². The molecule has 1 aliphatic heterocycles. The number of nitrogens with one attached hydrogen (secondary N) is 1. The van der Waals surface area contributed by atoms with Gasteiger partial charge >= 0.3 is 0 Å². The molecule has 1 aromatic carbocycles. The fourth-order valence-electron chi connectivity index (χ4n) is 2.22. The molecule has 3 rings (SSSR count). The first-order chi connectivity index (χ1) is 9.24. The third kappa shape index (κ3) is 2.63. The van der Waals surface area contributed by atoms with E-state index in [0.717, 1.165) is 42.8 Å². The number of halogens is 1. The van der Waals surface area contributed by atoms with Gasteiger partial charge in [0.2, 0.25) is 0 Å². The highest BCUT2D eigenvalue weighted by molar-refractivity contribution is 6.34. The predicted octanol–water partition coefficient (Wildman–Crippen LogP) is 1.86. The second-order valence-electron chi connectivity index (χ2n) is 4.79. The Morgan fingerprint density at radius 1 is 1.05 bits per heavy atom. The largest absolute Gasteiger partial charge is 0.304 e. The van der Waals surface area contributed by atoms with Crippen molar-refractivity contribution in [2.75, 3.05) is 38.7 Å². The van der Waals surface area contributed by atoms with Crippen LogP contribution in [0.5, 0.6) is 0 Å². The molecule has 2 aromatic rings. The van der Waals surface area contributed by atoms with Crippen molar-refractivity contribution < 1.29 is 0 Å². The van der Waals surface area contributed by atoms with Crippen LogP contribution in [-0.4, -0.2) is 53.3 Å². The quantitative estimate of drug-likeness (QED) is 0.908. The molecule has 1 aliphatic rings. The Labute approximate surface area is 117 Å². The summed E-state index contributed by atoms with van der Waals surface area (Å²) in [7, 11) is 2.13. The highest BCUT2D eigenvalue weighted by atomic mass is 35.5. The maximum Gasteiger partial charge on any atom is 0.171 e. The normalized spacial score (nSPS) is 17.8. The minimum Gasteiger partial charge on any atom is -0.304 e. The Kier molecular flexibility index (Phi) is 3.50. The predicted molar refractivity (Wildman–Crippen MR) is 77.2 cm³/mol. The number of hydrazine groups is 1. The maximum absolute atomic E-state index is 6.07. The van der Waals surface area contributed by atoms with Crippen molar-refractivity contribution >= 4 is 28.2 Å². The van der Waals surface area contributed by atoms with E-state index in [-0.39, 0.29) is 0 Å². The first kappa shape index (κ1) is 12.6. The zero-order valence-electron chi connectivity index (χ0n) is 10.8. The van der Waals surface area contributed by atoms with Gasteiger partial charge in [-0.1, -0.05) is 35.9 Å². The van der Waals surface area contributed by atoms with Gasteiger partial charge in [0.25, 0.3) is 0 Å². The van der Waals surface area contributed by atoms with Crippen molar-refractivity contribution in [1.29, 1.82) is 0 Å². The van der Waals surface area contributed by atoms with Crippen molar-refractivity contribution in [2.45, 2.75) is 0 Å². The van der Waals surface area contributed by atoms with Crippen LogP contribution in [0.25, 0.3) is 10.8 Å². The van der Waals surface area contributed by atoms with Gasteiger partial charge in [0.15, 0.2) is 11.0 Å². The fourth-order valence-corrected chi connectivity index (χ4v) is 2.42. The molecule has 0 bridgehead atoms. The lowest BCUT2D eigenvalue weighted by Gasteiger charge is -2.32. The third-order valence-electron chi connectivity index (χ3n) is 3.41. The average molecular weight is 278 g/mol. The van der Waals surface area contributed by atoms with Crippen LogP contribution in [0, 0.1) is 0 Å². The number of hydrogen-bond acceptors (Lipinski definition) is 5. The van der Waals surface area contributed by atoms with Gasteiger partial charge in [-0.25, -0.2) is 5.01 Å². The summed E-state index contributed by atoms with van der Waals surface area (Å²) in [6.07, 6.45) is 0. The molecule has 0 radical (unpaired) electrons. The monoisotopic (exact) mass is 277 g/mol. The van der Waals surface area contributed by atoms with Crippen LogP contribution >= 0.6 is 11.6 Å². The van der Waals surface area contributed by atoms with Crippen molar-refractivity contribution in [3.8, 4) is 0 Å². The minimum absolute atomic E-state index is 0.444. The van der Waals surface area contributed by atoms with E-state index in [9.17, 15) is 0 Å². The number of rotatable bonds is 2. The number of piperazine rings is 1. The van der Waals surface area contributed by atoms with Crippen LogP contribution in [0.15, 0.2) is 24.3 Å². The average Bonchev–Trinajstić information content (AvgIpc) is 2.45. The molecular weight excluding hydrogens is 262 g/mol. The van der Waals surface area contributed by atoms with Crippen molar-refractivity contribution in [1.82, 2.24) is 20.1 Å². The number of fused-ring (bicyclic) bond motifs is 1. The Balaban J connectivity index is 1.87. The van der Waals surface area contributed by atoms with Crippen LogP contribution < -0.4 is 5.43 Å². The topological polar surface area (TPSA) is 44.3 Å². The molecule has 0 amide bonds. The molecule has 2 heterocycles. The van der Waals surface area contributed by atoms with E-state index < -0.39 is 0 Å². The minimum atomic E-state index is 0.444. The molecule has 6 heteroatoms. The van der Waals surface area contributed by atoms with E-state index >= 15 is 0 Å². The molecule has 19 heavy (non-hydrogen) atoms. The zero-order valence-corrected chi connectivity index (χ0v) is 11.6. The Morgan fingerprint density at radius 3 is 2.47 bits per heavy atom. The van der Waals surface area contributed by atoms with E-state index in [4.69, 9.17) is 11.6 Å². The standard InChI is InChI=1S/C13H16ClN5/c1-18-6-8-19(9-7-18)17-13-11-5-3-2-4-10(11)12(14)15-16-13/h2-5H,6-9H2,1H3,(H,16,17). The van der Waals surface area contributed by atoms with Crippen molar-refractivity contribution in [2.24, 2.45) is 0 Å². The van der Waals surface area contributed by atoms with Gasteiger partial charge in [-0.3, -0.25) is 0 Å². The van der Waals surface area contributed by atoms with Crippen LogP contribution in [0.2, 0.25) is 5.15 Å². The van der Waals surface area contributed by atoms with Gasteiger partial charge in [-0.05, 0) is 7.05 Å². The summed E-state index contributed by atoms with van der Waals surface area (Å²) in [5, 5.41) is 12.7. The highest BCUT2D eigenvalue weighted by Crippen LogP contribution is 2.25. The number of nitrogens with zero attached hydrogens (tertiary/aromatic N) is 4. The number of hydrogen-bond donors (Lipinski definition) is 1. The molecule has 100 valence electrons. The van der Waals surface area contributed by atoms with E-state index in [1.165, 1.54) is 0 Å². The summed E-state index contributed by atoms with van der Waals surface area (Å²) >= 11 is 6.07. The van der Waals surface area contributed by atoms with Crippen LogP contribution in [0.1, 0.15) is 0 Å². The van der Waals surface area contributed by atoms with Gasteiger partial charge in [-0.2, -0.15) is 0 Å². The van der Waals surface area contributed by atoms with E-state index in [1.54, 1.807) is 0 Å². The molecule has 0 atom stereocenters. The van der Waals surface area contributed by atoms with Crippen LogP contribution in [-0.2, 0) is 0 Å². The summed E-state index contributed by atoms with van der Waals surface area (Å²) in [5.74, 6) is 0.768. The molecule has 5 nitrogen and oxygen atoms in total. The third-order valence-corrected chi connectivity index (χ3v) is 3.69. The number of anilines is 1. The second-order valence-corrected chi connectivity index (χ2v) is 5.15. The van der Waals surface area contributed by atoms with E-state index in [2.05, 4.69) is 32.6 Å². The van der Waals surface area contributed by atoms with Gasteiger partial charge < -0.3 is 10.3 Å². The smallest absolute Gasteiger partial charge is 0.171 e. The summed E-state index contributed by atoms with van der Waals surface area (Å²) < 4.78 is 0. The first-order valence-corrected chi connectivity index (χ1v) is 6.73. The van der Waals surface area contributed by atoms with Crippen LogP contribution in [0.3, 0.4) is 0 Å². The maximum atomic E-state index is 6.07. The molecule has 1 saturated heterocycles. The molecule has 0 saturated carbocycles. The van der Waals surface area contributed by atoms with Gasteiger partial charge in [0, 0.05) is 37.0 Å². The molecule has 0 spiro atoms. The Hall–Kier alpha value is -1.43. The molecule has 1 fully saturated rings. The molecule has 1 aromatic heterocycles. The van der Waals surface area contributed by atoms with Gasteiger partial charge in [0.05, 0.1) is 0 Å². The fraction of sp³-hybridized carbons (Fsp3) is 0.385. The summed E-state index contributed by atoms with van der Waals surface area (Å²) in [6, 6.07) is 7.90. The number of benzene rings is 1. The number of likely N-dealkylation sites (N-methyl/N-ethyl adjacent to an activating group) is 1. The highest BCUT2D eigenvalue weighted by Gasteiger charge is 2.15. The van der Waals surface area contributed by atoms with Crippen LogP contribution in [0.4, 0.5) is 5.82 Å². The molecule has 0 unspecified atom stereocenters.